The van der Waals surface area contributed by atoms with Gasteiger partial charge in [-0.15, -0.1) is 11.8 Å². The maximum absolute atomic E-state index is 10.8. The van der Waals surface area contributed by atoms with Gasteiger partial charge in [-0.1, -0.05) is 0 Å². The number of thioether (sulfide) groups is 1. The highest BCUT2D eigenvalue weighted by Crippen LogP contribution is 2.28. The lowest BCUT2D eigenvalue weighted by molar-refractivity contribution is -0.177. The minimum atomic E-state index is -1.26. The van der Waals surface area contributed by atoms with Crippen LogP contribution in [0.1, 0.15) is 13.8 Å². The fraction of sp³-hybridized carbons (Fsp3) is 0.778. The molecule has 4 atom stereocenters. The highest BCUT2D eigenvalue weighted by atomic mass is 32.2. The van der Waals surface area contributed by atoms with Crippen LogP contribution in [0.15, 0.2) is 0 Å². The lowest BCUT2D eigenvalue weighted by Crippen LogP contribution is -2.52. The number of rotatable bonds is 2. The summed E-state index contributed by atoms with van der Waals surface area (Å²) in [6.07, 6.45) is -3.01. The van der Waals surface area contributed by atoms with E-state index in [0.717, 1.165) is 11.8 Å². The average Bonchev–Trinajstić information content (AvgIpc) is 2.16. The first kappa shape index (κ1) is 13.3. The van der Waals surface area contributed by atoms with E-state index in [0.29, 0.717) is 0 Å². The predicted octanol–water partition coefficient (Wildman–Crippen LogP) is -0.724. The van der Waals surface area contributed by atoms with Gasteiger partial charge in [0.1, 0.15) is 11.5 Å². The minimum absolute atomic E-state index is 0.274. The van der Waals surface area contributed by atoms with E-state index >= 15 is 0 Å². The summed E-state index contributed by atoms with van der Waals surface area (Å²) in [5.41, 5.74) is -1.05. The molecule has 0 aliphatic carbocycles. The zero-order chi connectivity index (χ0) is 12.3. The van der Waals surface area contributed by atoms with Crippen molar-refractivity contribution in [2.45, 2.75) is 37.6 Å². The van der Waals surface area contributed by atoms with Crippen LogP contribution in [0.25, 0.3) is 0 Å². The summed E-state index contributed by atoms with van der Waals surface area (Å²) in [4.78, 5) is 21.6. The van der Waals surface area contributed by atoms with E-state index in [1.54, 1.807) is 0 Å². The molecular formula is C9H14O6S. The van der Waals surface area contributed by atoms with Gasteiger partial charge in [0.05, 0.1) is 0 Å². The Balaban J connectivity index is 2.72. The molecule has 0 aromatic heterocycles. The Bertz CT molecular complexity index is 281. The lowest BCUT2D eigenvalue weighted by Gasteiger charge is -2.36. The van der Waals surface area contributed by atoms with Gasteiger partial charge >= 0.3 is 11.9 Å². The quantitative estimate of drug-likeness (QED) is 0.624. The number of aliphatic hydroxyl groups excluding tert-OH is 2. The Morgan fingerprint density at radius 1 is 1.19 bits per heavy atom. The van der Waals surface area contributed by atoms with Crippen LogP contribution in [0.4, 0.5) is 0 Å². The van der Waals surface area contributed by atoms with Crippen molar-refractivity contribution in [3.8, 4) is 0 Å². The van der Waals surface area contributed by atoms with Gasteiger partial charge in [-0.25, -0.2) is 0 Å². The number of aliphatic hydroxyl groups is 2. The van der Waals surface area contributed by atoms with Gasteiger partial charge in [0, 0.05) is 19.6 Å². The van der Waals surface area contributed by atoms with Crippen LogP contribution in [-0.2, 0) is 19.1 Å². The zero-order valence-electron chi connectivity index (χ0n) is 8.95. The molecule has 1 aliphatic heterocycles. The molecule has 0 saturated carbocycles. The van der Waals surface area contributed by atoms with Gasteiger partial charge in [0.15, 0.2) is 12.2 Å². The number of hydrogen-bond acceptors (Lipinski definition) is 7. The van der Waals surface area contributed by atoms with Crippen LogP contribution < -0.4 is 0 Å². The van der Waals surface area contributed by atoms with Gasteiger partial charge in [0.2, 0.25) is 0 Å². The van der Waals surface area contributed by atoms with Gasteiger partial charge in [-0.2, -0.15) is 0 Å². The number of ether oxygens (including phenoxy) is 2. The topological polar surface area (TPSA) is 93.1 Å². The van der Waals surface area contributed by atoms with Crippen LogP contribution in [-0.4, -0.2) is 51.7 Å². The summed E-state index contributed by atoms with van der Waals surface area (Å²) < 4.78 is 9.76. The molecule has 0 unspecified atom stereocenters. The summed E-state index contributed by atoms with van der Waals surface area (Å²) >= 11 is 1.04. The highest BCUT2D eigenvalue weighted by molar-refractivity contribution is 7.99. The van der Waals surface area contributed by atoms with Crippen molar-refractivity contribution in [1.82, 2.24) is 0 Å². The van der Waals surface area contributed by atoms with Gasteiger partial charge in [-0.3, -0.25) is 9.59 Å². The molecule has 0 amide bonds. The molecule has 1 rings (SSSR count). The third kappa shape index (κ3) is 3.36. The zero-order valence-corrected chi connectivity index (χ0v) is 9.77. The summed E-state index contributed by atoms with van der Waals surface area (Å²) in [6, 6.07) is 0. The van der Waals surface area contributed by atoms with Crippen molar-refractivity contribution in [2.24, 2.45) is 0 Å². The Labute approximate surface area is 96.9 Å². The third-order valence-corrected chi connectivity index (χ3v) is 3.19. The van der Waals surface area contributed by atoms with Crippen LogP contribution in [0.3, 0.4) is 0 Å². The van der Waals surface area contributed by atoms with Crippen molar-refractivity contribution >= 4 is 23.7 Å². The molecule has 16 heavy (non-hydrogen) atoms. The smallest absolute Gasteiger partial charge is 0.303 e. The van der Waals surface area contributed by atoms with E-state index in [9.17, 15) is 19.8 Å². The third-order valence-electron chi connectivity index (χ3n) is 2.05. The molecule has 7 heteroatoms. The van der Waals surface area contributed by atoms with Crippen molar-refractivity contribution in [3.05, 3.63) is 0 Å². The Morgan fingerprint density at radius 2 is 1.75 bits per heavy atom. The SMILES string of the molecule is CC(=O)O[C@@H]1[C@@H](O)[C@H](O)SC[C@H]1OC(C)=O. The molecule has 1 aliphatic rings. The summed E-state index contributed by atoms with van der Waals surface area (Å²) in [7, 11) is 0. The van der Waals surface area contributed by atoms with E-state index in [1.807, 2.05) is 0 Å². The molecule has 0 radical (unpaired) electrons. The van der Waals surface area contributed by atoms with E-state index in [2.05, 4.69) is 0 Å². The van der Waals surface area contributed by atoms with Crippen molar-refractivity contribution < 1.29 is 29.3 Å². The van der Waals surface area contributed by atoms with Gasteiger partial charge in [0.25, 0.3) is 0 Å². The van der Waals surface area contributed by atoms with E-state index in [-0.39, 0.29) is 5.75 Å². The van der Waals surface area contributed by atoms with Crippen LogP contribution >= 0.6 is 11.8 Å². The van der Waals surface area contributed by atoms with E-state index in [4.69, 9.17) is 9.47 Å². The van der Waals surface area contributed by atoms with E-state index < -0.39 is 35.7 Å². The molecule has 0 bridgehead atoms. The first-order valence-corrected chi connectivity index (χ1v) is 5.79. The first-order valence-electron chi connectivity index (χ1n) is 4.74. The number of hydrogen-bond donors (Lipinski definition) is 2. The Morgan fingerprint density at radius 3 is 2.25 bits per heavy atom. The Kier molecular flexibility index (Phi) is 4.57. The average molecular weight is 250 g/mol. The molecule has 0 aromatic carbocycles. The molecule has 1 heterocycles. The van der Waals surface area contributed by atoms with Gasteiger partial charge in [-0.05, 0) is 0 Å². The summed E-state index contributed by atoms with van der Waals surface area (Å²) in [5.74, 6) is -0.845. The van der Waals surface area contributed by atoms with Crippen molar-refractivity contribution in [1.29, 1.82) is 0 Å². The molecule has 0 spiro atoms. The molecule has 92 valence electrons. The second-order valence-electron chi connectivity index (χ2n) is 3.44. The molecule has 1 fully saturated rings. The van der Waals surface area contributed by atoms with Crippen LogP contribution in [0, 0.1) is 0 Å². The molecule has 0 aromatic rings. The lowest BCUT2D eigenvalue weighted by atomic mass is 10.1. The predicted molar refractivity (Wildman–Crippen MR) is 55.6 cm³/mol. The number of carbonyl (C=O) groups excluding carboxylic acids is 2. The summed E-state index contributed by atoms with van der Waals surface area (Å²) in [6.45, 7) is 2.42. The molecule has 2 N–H and O–H groups in total. The minimum Gasteiger partial charge on any atom is -0.458 e. The number of esters is 2. The fourth-order valence-corrected chi connectivity index (χ4v) is 2.42. The van der Waals surface area contributed by atoms with Crippen molar-refractivity contribution in [3.63, 3.8) is 0 Å². The molecule has 1 saturated heterocycles. The second-order valence-corrected chi connectivity index (χ2v) is 4.59. The Hall–Kier alpha value is -0.790. The van der Waals surface area contributed by atoms with E-state index in [1.165, 1.54) is 13.8 Å². The van der Waals surface area contributed by atoms with Crippen LogP contribution in [0.2, 0.25) is 0 Å². The highest BCUT2D eigenvalue weighted by Gasteiger charge is 2.42. The van der Waals surface area contributed by atoms with Gasteiger partial charge < -0.3 is 19.7 Å². The standard InChI is InChI=1S/C9H14O6S/c1-4(10)14-6-3-16-9(13)7(12)8(6)15-5(2)11/h6-9,12-13H,3H2,1-2H3/t6-,7-,8+,9-/m1/s1. The first-order chi connectivity index (χ1) is 7.41. The molecule has 6 nitrogen and oxygen atoms in total. The maximum Gasteiger partial charge on any atom is 0.303 e. The summed E-state index contributed by atoms with van der Waals surface area (Å²) in [5, 5.41) is 19.0. The number of carbonyl (C=O) groups is 2. The molecular weight excluding hydrogens is 236 g/mol. The van der Waals surface area contributed by atoms with Crippen molar-refractivity contribution in [2.75, 3.05) is 5.75 Å². The van der Waals surface area contributed by atoms with Crippen LogP contribution in [0.5, 0.6) is 0 Å². The second kappa shape index (κ2) is 5.51. The fourth-order valence-electron chi connectivity index (χ4n) is 1.42. The monoisotopic (exact) mass is 250 g/mol. The normalized spacial score (nSPS) is 34.2. The largest absolute Gasteiger partial charge is 0.458 e. The maximum atomic E-state index is 10.8.